The molecule has 0 aromatic heterocycles. The Balaban J connectivity index is 3.82. The fourth-order valence-electron chi connectivity index (χ4n) is 1.45. The van der Waals surface area contributed by atoms with Crippen LogP contribution in [0.3, 0.4) is 0 Å². The molecule has 0 aromatic carbocycles. The highest BCUT2D eigenvalue weighted by Gasteiger charge is 1.96. The Morgan fingerprint density at radius 1 is 1.29 bits per heavy atom. The van der Waals surface area contributed by atoms with Gasteiger partial charge >= 0.3 is 0 Å². The Morgan fingerprint density at radius 2 is 1.93 bits per heavy atom. The monoisotopic (exact) mass is 195 g/mol. The standard InChI is InChI=1S/C13H25N/c1-5-7-13(14)10-12(4)9-6-8-11(2)3/h8,10,13H,5-7,9,14H2,1-4H3/b12-10+. The van der Waals surface area contributed by atoms with Crippen molar-refractivity contribution in [3.05, 3.63) is 23.3 Å². The highest BCUT2D eigenvalue weighted by molar-refractivity contribution is 5.05. The first-order valence-electron chi connectivity index (χ1n) is 5.62. The van der Waals surface area contributed by atoms with E-state index in [0.717, 1.165) is 19.3 Å². The van der Waals surface area contributed by atoms with Crippen LogP contribution in [0, 0.1) is 0 Å². The average molecular weight is 195 g/mol. The van der Waals surface area contributed by atoms with Gasteiger partial charge in [0, 0.05) is 6.04 Å². The molecule has 0 amide bonds. The summed E-state index contributed by atoms with van der Waals surface area (Å²) >= 11 is 0. The van der Waals surface area contributed by atoms with Gasteiger partial charge in [0.05, 0.1) is 0 Å². The van der Waals surface area contributed by atoms with E-state index in [1.165, 1.54) is 17.6 Å². The summed E-state index contributed by atoms with van der Waals surface area (Å²) in [6.07, 6.45) is 9.04. The lowest BCUT2D eigenvalue weighted by atomic mass is 10.1. The molecule has 0 spiro atoms. The second kappa shape index (κ2) is 7.81. The second-order valence-corrected chi connectivity index (χ2v) is 4.29. The van der Waals surface area contributed by atoms with Gasteiger partial charge in [0.1, 0.15) is 0 Å². The average Bonchev–Trinajstić information content (AvgIpc) is 2.03. The lowest BCUT2D eigenvalue weighted by Gasteiger charge is -2.06. The van der Waals surface area contributed by atoms with E-state index < -0.39 is 0 Å². The predicted octanol–water partition coefficient (Wildman–Crippen LogP) is 3.81. The molecule has 0 heterocycles. The third-order valence-corrected chi connectivity index (χ3v) is 2.21. The molecule has 0 saturated heterocycles. The fraction of sp³-hybridized carbons (Fsp3) is 0.692. The zero-order valence-electron chi connectivity index (χ0n) is 10.1. The quantitative estimate of drug-likeness (QED) is 0.641. The molecular weight excluding hydrogens is 170 g/mol. The number of rotatable bonds is 6. The first-order chi connectivity index (χ1) is 6.56. The lowest BCUT2D eigenvalue weighted by Crippen LogP contribution is -2.16. The van der Waals surface area contributed by atoms with Crippen LogP contribution in [0.1, 0.15) is 53.4 Å². The molecule has 0 aliphatic heterocycles. The Bertz CT molecular complexity index is 197. The molecular formula is C13H25N. The summed E-state index contributed by atoms with van der Waals surface area (Å²) in [6, 6.07) is 0.256. The molecule has 1 heteroatoms. The summed E-state index contributed by atoms with van der Waals surface area (Å²) in [5.74, 6) is 0. The summed E-state index contributed by atoms with van der Waals surface area (Å²) in [6.45, 7) is 8.63. The summed E-state index contributed by atoms with van der Waals surface area (Å²) < 4.78 is 0. The van der Waals surface area contributed by atoms with Crippen molar-refractivity contribution in [3.63, 3.8) is 0 Å². The number of hydrogen-bond acceptors (Lipinski definition) is 1. The van der Waals surface area contributed by atoms with E-state index in [0.29, 0.717) is 0 Å². The molecule has 0 saturated carbocycles. The van der Waals surface area contributed by atoms with E-state index in [-0.39, 0.29) is 6.04 Å². The van der Waals surface area contributed by atoms with Gasteiger partial charge in [0.2, 0.25) is 0 Å². The number of hydrogen-bond donors (Lipinski definition) is 1. The first-order valence-corrected chi connectivity index (χ1v) is 5.62. The summed E-state index contributed by atoms with van der Waals surface area (Å²) in [4.78, 5) is 0. The maximum absolute atomic E-state index is 5.92. The minimum atomic E-state index is 0.256. The smallest absolute Gasteiger partial charge is 0.0226 e. The maximum Gasteiger partial charge on any atom is 0.0226 e. The molecule has 0 radical (unpaired) electrons. The van der Waals surface area contributed by atoms with Crippen molar-refractivity contribution in [2.45, 2.75) is 59.4 Å². The Kier molecular flexibility index (Phi) is 7.50. The zero-order valence-corrected chi connectivity index (χ0v) is 10.1. The van der Waals surface area contributed by atoms with Crippen molar-refractivity contribution in [3.8, 4) is 0 Å². The molecule has 0 aliphatic rings. The van der Waals surface area contributed by atoms with Crippen LogP contribution in [0.5, 0.6) is 0 Å². The Hall–Kier alpha value is -0.560. The van der Waals surface area contributed by atoms with Crippen LogP contribution in [0.4, 0.5) is 0 Å². The SMILES string of the molecule is CCCC(N)/C=C(\C)CCC=C(C)C. The normalized spacial score (nSPS) is 13.9. The summed E-state index contributed by atoms with van der Waals surface area (Å²) in [5, 5.41) is 0. The van der Waals surface area contributed by atoms with E-state index in [1.54, 1.807) is 0 Å². The van der Waals surface area contributed by atoms with Gasteiger partial charge in [0.15, 0.2) is 0 Å². The van der Waals surface area contributed by atoms with E-state index in [9.17, 15) is 0 Å². The minimum absolute atomic E-state index is 0.256. The van der Waals surface area contributed by atoms with E-state index in [4.69, 9.17) is 5.73 Å². The largest absolute Gasteiger partial charge is 0.324 e. The molecule has 1 atom stereocenters. The van der Waals surface area contributed by atoms with Gasteiger partial charge in [0.25, 0.3) is 0 Å². The van der Waals surface area contributed by atoms with Crippen LogP contribution < -0.4 is 5.73 Å². The van der Waals surface area contributed by atoms with Gasteiger partial charge in [-0.3, -0.25) is 0 Å². The van der Waals surface area contributed by atoms with Crippen molar-refractivity contribution in [1.82, 2.24) is 0 Å². The van der Waals surface area contributed by atoms with E-state index >= 15 is 0 Å². The van der Waals surface area contributed by atoms with Gasteiger partial charge in [-0.2, -0.15) is 0 Å². The van der Waals surface area contributed by atoms with Gasteiger partial charge in [-0.25, -0.2) is 0 Å². The van der Waals surface area contributed by atoms with Crippen molar-refractivity contribution in [2.75, 3.05) is 0 Å². The van der Waals surface area contributed by atoms with Crippen LogP contribution in [0.15, 0.2) is 23.3 Å². The molecule has 1 nitrogen and oxygen atoms in total. The molecule has 14 heavy (non-hydrogen) atoms. The zero-order chi connectivity index (χ0) is 11.0. The van der Waals surface area contributed by atoms with Crippen LogP contribution in [-0.2, 0) is 0 Å². The number of nitrogens with two attached hydrogens (primary N) is 1. The lowest BCUT2D eigenvalue weighted by molar-refractivity contribution is 0.696. The van der Waals surface area contributed by atoms with E-state index in [1.807, 2.05) is 0 Å². The first kappa shape index (κ1) is 13.4. The molecule has 0 rings (SSSR count). The minimum Gasteiger partial charge on any atom is -0.324 e. The molecule has 0 bridgehead atoms. The molecule has 82 valence electrons. The molecule has 1 unspecified atom stereocenters. The van der Waals surface area contributed by atoms with Crippen LogP contribution in [0.25, 0.3) is 0 Å². The molecule has 0 aromatic rings. The van der Waals surface area contributed by atoms with Crippen molar-refractivity contribution in [2.24, 2.45) is 5.73 Å². The maximum atomic E-state index is 5.92. The molecule has 0 aliphatic carbocycles. The van der Waals surface area contributed by atoms with Gasteiger partial charge in [-0.1, -0.05) is 36.6 Å². The fourth-order valence-corrected chi connectivity index (χ4v) is 1.45. The van der Waals surface area contributed by atoms with Gasteiger partial charge < -0.3 is 5.73 Å². The molecule has 2 N–H and O–H groups in total. The Morgan fingerprint density at radius 3 is 2.43 bits per heavy atom. The van der Waals surface area contributed by atoms with Crippen molar-refractivity contribution in [1.29, 1.82) is 0 Å². The van der Waals surface area contributed by atoms with Crippen molar-refractivity contribution < 1.29 is 0 Å². The highest BCUT2D eigenvalue weighted by atomic mass is 14.6. The van der Waals surface area contributed by atoms with Crippen LogP contribution in [0.2, 0.25) is 0 Å². The molecule has 0 fully saturated rings. The topological polar surface area (TPSA) is 26.0 Å². The Labute approximate surface area is 89.1 Å². The highest BCUT2D eigenvalue weighted by Crippen LogP contribution is 2.08. The third kappa shape index (κ3) is 8.06. The van der Waals surface area contributed by atoms with Gasteiger partial charge in [-0.05, 0) is 40.0 Å². The van der Waals surface area contributed by atoms with Crippen LogP contribution >= 0.6 is 0 Å². The number of allylic oxidation sites excluding steroid dienone is 3. The van der Waals surface area contributed by atoms with Gasteiger partial charge in [-0.15, -0.1) is 0 Å². The summed E-state index contributed by atoms with van der Waals surface area (Å²) in [7, 11) is 0. The second-order valence-electron chi connectivity index (χ2n) is 4.29. The predicted molar refractivity (Wildman–Crippen MR) is 65.3 cm³/mol. The third-order valence-electron chi connectivity index (χ3n) is 2.21. The van der Waals surface area contributed by atoms with E-state index in [2.05, 4.69) is 39.8 Å². The summed E-state index contributed by atoms with van der Waals surface area (Å²) in [5.41, 5.74) is 8.74. The van der Waals surface area contributed by atoms with Crippen LogP contribution in [-0.4, -0.2) is 6.04 Å². The van der Waals surface area contributed by atoms with Crippen molar-refractivity contribution >= 4 is 0 Å².